The molecule has 2 aromatic rings. The summed E-state index contributed by atoms with van der Waals surface area (Å²) in [6.45, 7) is 0. The Morgan fingerprint density at radius 1 is 0.667 bits per heavy atom. The Balaban J connectivity index is -0.000000145. The van der Waals surface area contributed by atoms with Crippen LogP contribution in [0.25, 0.3) is 11.1 Å². The van der Waals surface area contributed by atoms with Gasteiger partial charge in [0.15, 0.2) is 0 Å². The monoisotopic (exact) mass is 298 g/mol. The maximum absolute atomic E-state index is 7.23. The largest absolute Gasteiger partial charge is 2.00 e. The molecule has 18 heavy (non-hydrogen) atoms. The van der Waals surface area contributed by atoms with Crippen LogP contribution in [0.15, 0.2) is 60.7 Å². The predicted octanol–water partition coefficient (Wildman–Crippen LogP) is 2.81. The SMILES string of the molecule is Cl.OP(O)O.[H-].[H-].[Mg+2].c1ccc(-c2ccccc2)cc1. The van der Waals surface area contributed by atoms with Crippen molar-refractivity contribution in [2.75, 3.05) is 0 Å². The van der Waals surface area contributed by atoms with Gasteiger partial charge in [0, 0.05) is 0 Å². The molecule has 0 saturated carbocycles. The van der Waals surface area contributed by atoms with Gasteiger partial charge in [-0.2, -0.15) is 0 Å². The van der Waals surface area contributed by atoms with Gasteiger partial charge in [-0.3, -0.25) is 0 Å². The van der Waals surface area contributed by atoms with Crippen LogP contribution >= 0.6 is 21.0 Å². The first kappa shape index (κ1) is 20.1. The fraction of sp³-hybridized carbons (Fsp3) is 0. The maximum atomic E-state index is 7.23. The first-order chi connectivity index (χ1) is 7.70. The van der Waals surface area contributed by atoms with Gasteiger partial charge in [-0.15, -0.1) is 12.4 Å². The molecule has 3 nitrogen and oxygen atoms in total. The number of hydrogen-bond acceptors (Lipinski definition) is 3. The van der Waals surface area contributed by atoms with Crippen molar-refractivity contribution >= 4 is 44.1 Å². The van der Waals surface area contributed by atoms with Crippen LogP contribution in [0.2, 0.25) is 0 Å². The molecule has 2 aromatic carbocycles. The Morgan fingerprint density at radius 3 is 1.11 bits per heavy atom. The zero-order valence-corrected chi connectivity index (χ0v) is 12.8. The Hall–Kier alpha value is -0.194. The molecular weight excluding hydrogens is 283 g/mol. The summed E-state index contributed by atoms with van der Waals surface area (Å²) >= 11 is 0. The first-order valence-electron chi connectivity index (χ1n) is 4.67. The van der Waals surface area contributed by atoms with Crippen LogP contribution in [0.1, 0.15) is 2.85 Å². The third kappa shape index (κ3) is 8.83. The summed E-state index contributed by atoms with van der Waals surface area (Å²) in [4.78, 5) is 21.7. The van der Waals surface area contributed by atoms with E-state index in [1.54, 1.807) is 0 Å². The minimum Gasteiger partial charge on any atom is -1.00 e. The molecule has 0 atom stereocenters. The van der Waals surface area contributed by atoms with Gasteiger partial charge in [0.05, 0.1) is 0 Å². The van der Waals surface area contributed by atoms with E-state index in [1.807, 2.05) is 12.1 Å². The molecule has 2 rings (SSSR count). The van der Waals surface area contributed by atoms with E-state index in [0.29, 0.717) is 0 Å². The van der Waals surface area contributed by atoms with Gasteiger partial charge in [-0.1, -0.05) is 60.7 Å². The average Bonchev–Trinajstić information content (AvgIpc) is 2.31. The Labute approximate surface area is 133 Å². The summed E-state index contributed by atoms with van der Waals surface area (Å²) in [6, 6.07) is 20.8. The van der Waals surface area contributed by atoms with Crippen molar-refractivity contribution in [3.05, 3.63) is 60.7 Å². The quantitative estimate of drug-likeness (QED) is 0.560. The average molecular weight is 299 g/mol. The fourth-order valence-electron chi connectivity index (χ4n) is 1.26. The maximum Gasteiger partial charge on any atom is 2.00 e. The summed E-state index contributed by atoms with van der Waals surface area (Å²) in [5.41, 5.74) is 2.55. The minimum absolute atomic E-state index is 0. The van der Waals surface area contributed by atoms with Crippen LogP contribution in [-0.4, -0.2) is 37.7 Å². The third-order valence-electron chi connectivity index (χ3n) is 1.88. The van der Waals surface area contributed by atoms with Gasteiger partial charge >= 0.3 is 31.7 Å². The number of hydrogen-bond donors (Lipinski definition) is 3. The van der Waals surface area contributed by atoms with E-state index >= 15 is 0 Å². The van der Waals surface area contributed by atoms with Gasteiger partial charge in [0.1, 0.15) is 0 Å². The van der Waals surface area contributed by atoms with Crippen molar-refractivity contribution in [1.82, 2.24) is 0 Å². The second-order valence-corrected chi connectivity index (χ2v) is 3.54. The molecule has 0 aliphatic carbocycles. The van der Waals surface area contributed by atoms with Crippen molar-refractivity contribution in [3.8, 4) is 11.1 Å². The molecule has 0 aliphatic heterocycles. The van der Waals surface area contributed by atoms with Crippen LogP contribution in [0, 0.1) is 0 Å². The molecule has 0 radical (unpaired) electrons. The van der Waals surface area contributed by atoms with E-state index in [9.17, 15) is 0 Å². The Bertz CT molecular complexity index is 370. The Kier molecular flexibility index (Phi) is 13.3. The van der Waals surface area contributed by atoms with Gasteiger partial charge in [-0.25, -0.2) is 0 Å². The molecule has 96 valence electrons. The zero-order valence-electron chi connectivity index (χ0n) is 11.7. The van der Waals surface area contributed by atoms with Crippen LogP contribution in [0.3, 0.4) is 0 Å². The first-order valence-corrected chi connectivity index (χ1v) is 5.87. The van der Waals surface area contributed by atoms with Crippen LogP contribution in [-0.2, 0) is 0 Å². The fourth-order valence-corrected chi connectivity index (χ4v) is 1.26. The molecule has 0 spiro atoms. The van der Waals surface area contributed by atoms with E-state index in [-0.39, 0.29) is 38.3 Å². The summed E-state index contributed by atoms with van der Waals surface area (Å²) in [5, 5.41) is 0. The summed E-state index contributed by atoms with van der Waals surface area (Å²) in [5.74, 6) is 0. The normalized spacial score (nSPS) is 8.44. The molecule has 0 heterocycles. The molecule has 0 saturated heterocycles. The van der Waals surface area contributed by atoms with Crippen molar-refractivity contribution in [2.24, 2.45) is 0 Å². The summed E-state index contributed by atoms with van der Waals surface area (Å²) in [7, 11) is -2.62. The molecule has 0 aliphatic rings. The van der Waals surface area contributed by atoms with E-state index in [2.05, 4.69) is 48.5 Å². The molecule has 6 heteroatoms. The minimum atomic E-state index is -2.62. The van der Waals surface area contributed by atoms with Crippen LogP contribution in [0.5, 0.6) is 0 Å². The van der Waals surface area contributed by atoms with Crippen molar-refractivity contribution in [3.63, 3.8) is 0 Å². The van der Waals surface area contributed by atoms with Crippen molar-refractivity contribution in [2.45, 2.75) is 0 Å². The predicted molar refractivity (Wildman–Crippen MR) is 80.7 cm³/mol. The third-order valence-corrected chi connectivity index (χ3v) is 1.88. The summed E-state index contributed by atoms with van der Waals surface area (Å²) < 4.78 is 0. The summed E-state index contributed by atoms with van der Waals surface area (Å²) in [6.07, 6.45) is 0. The Morgan fingerprint density at radius 2 is 0.889 bits per heavy atom. The molecule has 3 N–H and O–H groups in total. The topological polar surface area (TPSA) is 60.7 Å². The van der Waals surface area contributed by atoms with Gasteiger partial charge < -0.3 is 17.5 Å². The van der Waals surface area contributed by atoms with Crippen molar-refractivity contribution in [1.29, 1.82) is 0 Å². The molecule has 0 aromatic heterocycles. The number of halogens is 1. The molecule has 0 bridgehead atoms. The van der Waals surface area contributed by atoms with E-state index in [0.717, 1.165) is 0 Å². The van der Waals surface area contributed by atoms with Gasteiger partial charge in [-0.05, 0) is 11.1 Å². The van der Waals surface area contributed by atoms with Crippen LogP contribution < -0.4 is 0 Å². The van der Waals surface area contributed by atoms with Gasteiger partial charge in [0.25, 0.3) is 0 Å². The number of rotatable bonds is 1. The molecule has 0 fully saturated rings. The van der Waals surface area contributed by atoms with Crippen molar-refractivity contribution < 1.29 is 17.5 Å². The van der Waals surface area contributed by atoms with E-state index in [4.69, 9.17) is 14.7 Å². The molecular formula is C12H16ClMgO3P. The van der Waals surface area contributed by atoms with Crippen LogP contribution in [0.4, 0.5) is 0 Å². The standard InChI is InChI=1S/C12H10.ClH.Mg.H3O3P.2H/c1-3-7-11(8-4-1)12-9-5-2-6-10-12;;;1-4(2)3;;/h1-10H;1H;;1-3H;;/q;;+2;;2*-1. The molecule has 0 amide bonds. The molecule has 0 unspecified atom stereocenters. The van der Waals surface area contributed by atoms with E-state index < -0.39 is 8.60 Å². The second-order valence-electron chi connectivity index (χ2n) is 3.00. The van der Waals surface area contributed by atoms with Gasteiger partial charge in [0.2, 0.25) is 0 Å². The van der Waals surface area contributed by atoms with E-state index in [1.165, 1.54) is 11.1 Å². The number of benzene rings is 2. The zero-order chi connectivity index (χ0) is 11.8. The second kappa shape index (κ2) is 11.9. The smallest absolute Gasteiger partial charge is 1.00 e.